The molecule has 0 fully saturated rings. The van der Waals surface area contributed by atoms with Crippen molar-refractivity contribution in [3.05, 3.63) is 95.3 Å². The van der Waals surface area contributed by atoms with Gasteiger partial charge in [0, 0.05) is 21.5 Å². The fourth-order valence-electron chi connectivity index (χ4n) is 3.34. The third-order valence-electron chi connectivity index (χ3n) is 4.60. The van der Waals surface area contributed by atoms with Crippen LogP contribution in [0.15, 0.2) is 90.3 Å². The van der Waals surface area contributed by atoms with Crippen LogP contribution in [-0.4, -0.2) is 9.38 Å². The highest BCUT2D eigenvalue weighted by Gasteiger charge is 2.20. The van der Waals surface area contributed by atoms with Gasteiger partial charge in [0.2, 0.25) is 0 Å². The Morgan fingerprint density at radius 1 is 0.704 bits per heavy atom. The molecule has 0 aliphatic carbocycles. The van der Waals surface area contributed by atoms with Crippen LogP contribution in [0.4, 0.5) is 0 Å². The highest BCUT2D eigenvalue weighted by molar-refractivity contribution is 7.15. The maximum absolute atomic E-state index is 6.09. The standard InChI is InChI=1S/C23H15ClN2S/c24-19-13-11-16(12-14-19)20-15-27-23-25-21(17-7-3-1-4-8-17)22(26(20)23)18-9-5-2-6-10-18/h1-15H. The molecule has 0 saturated heterocycles. The summed E-state index contributed by atoms with van der Waals surface area (Å²) in [6.45, 7) is 0. The number of imidazole rings is 1. The van der Waals surface area contributed by atoms with Crippen molar-refractivity contribution in [1.82, 2.24) is 9.38 Å². The van der Waals surface area contributed by atoms with Gasteiger partial charge in [0.25, 0.3) is 0 Å². The van der Waals surface area contributed by atoms with E-state index in [4.69, 9.17) is 16.6 Å². The lowest BCUT2D eigenvalue weighted by molar-refractivity contribution is 1.24. The number of halogens is 1. The van der Waals surface area contributed by atoms with Crippen LogP contribution in [0.3, 0.4) is 0 Å². The molecular weight excluding hydrogens is 372 g/mol. The number of benzene rings is 3. The van der Waals surface area contributed by atoms with Crippen molar-refractivity contribution >= 4 is 27.9 Å². The molecule has 4 heteroatoms. The Morgan fingerprint density at radius 2 is 1.33 bits per heavy atom. The van der Waals surface area contributed by atoms with Crippen LogP contribution >= 0.6 is 22.9 Å². The van der Waals surface area contributed by atoms with Gasteiger partial charge in [-0.2, -0.15) is 0 Å². The monoisotopic (exact) mass is 386 g/mol. The minimum absolute atomic E-state index is 0.740. The van der Waals surface area contributed by atoms with Crippen LogP contribution < -0.4 is 0 Å². The molecule has 0 spiro atoms. The van der Waals surface area contributed by atoms with Crippen molar-refractivity contribution in [2.45, 2.75) is 0 Å². The van der Waals surface area contributed by atoms with Gasteiger partial charge in [-0.25, -0.2) is 4.98 Å². The molecule has 0 amide bonds. The summed E-state index contributed by atoms with van der Waals surface area (Å²) in [5.74, 6) is 0. The maximum Gasteiger partial charge on any atom is 0.195 e. The quantitative estimate of drug-likeness (QED) is 0.324. The Hall–Kier alpha value is -2.88. The van der Waals surface area contributed by atoms with E-state index >= 15 is 0 Å². The van der Waals surface area contributed by atoms with Crippen molar-refractivity contribution in [2.24, 2.45) is 0 Å². The average molecular weight is 387 g/mol. The van der Waals surface area contributed by atoms with Crippen LogP contribution in [0.1, 0.15) is 0 Å². The lowest BCUT2D eigenvalue weighted by Crippen LogP contribution is -1.91. The highest BCUT2D eigenvalue weighted by atomic mass is 35.5. The van der Waals surface area contributed by atoms with E-state index in [0.717, 1.165) is 43.8 Å². The van der Waals surface area contributed by atoms with Gasteiger partial charge in [0.1, 0.15) is 0 Å². The van der Waals surface area contributed by atoms with Crippen LogP contribution in [0.25, 0.3) is 38.7 Å². The average Bonchev–Trinajstić information content (AvgIpc) is 3.29. The molecular formula is C23H15ClN2S. The zero-order valence-electron chi connectivity index (χ0n) is 14.3. The number of aromatic nitrogens is 2. The minimum atomic E-state index is 0.740. The first-order valence-electron chi connectivity index (χ1n) is 8.68. The van der Waals surface area contributed by atoms with Crippen molar-refractivity contribution in [3.63, 3.8) is 0 Å². The second-order valence-corrected chi connectivity index (χ2v) is 7.56. The van der Waals surface area contributed by atoms with Crippen LogP contribution in [0.2, 0.25) is 5.02 Å². The predicted molar refractivity (Wildman–Crippen MR) is 114 cm³/mol. The molecule has 0 aliphatic rings. The van der Waals surface area contributed by atoms with Gasteiger partial charge in [-0.05, 0) is 17.7 Å². The summed E-state index contributed by atoms with van der Waals surface area (Å²) in [6, 6.07) is 28.8. The third-order valence-corrected chi connectivity index (χ3v) is 5.68. The van der Waals surface area contributed by atoms with Gasteiger partial charge in [-0.1, -0.05) is 84.4 Å². The summed E-state index contributed by atoms with van der Waals surface area (Å²) in [6.07, 6.45) is 0. The summed E-state index contributed by atoms with van der Waals surface area (Å²) in [4.78, 5) is 5.96. The summed E-state index contributed by atoms with van der Waals surface area (Å²) < 4.78 is 2.26. The Kier molecular flexibility index (Phi) is 4.04. The van der Waals surface area contributed by atoms with Gasteiger partial charge in [0.05, 0.1) is 17.1 Å². The molecule has 130 valence electrons. The van der Waals surface area contributed by atoms with Crippen molar-refractivity contribution in [1.29, 1.82) is 0 Å². The third kappa shape index (κ3) is 2.85. The van der Waals surface area contributed by atoms with E-state index in [0.29, 0.717) is 0 Å². The molecule has 0 unspecified atom stereocenters. The van der Waals surface area contributed by atoms with Crippen LogP contribution in [-0.2, 0) is 0 Å². The number of nitrogens with zero attached hydrogens (tertiary/aromatic N) is 2. The highest BCUT2D eigenvalue weighted by Crippen LogP contribution is 2.38. The van der Waals surface area contributed by atoms with E-state index in [1.165, 1.54) is 0 Å². The SMILES string of the molecule is Clc1ccc(-c2csc3nc(-c4ccccc4)c(-c4ccccc4)n23)cc1. The maximum atomic E-state index is 6.09. The van der Waals surface area contributed by atoms with E-state index in [1.807, 2.05) is 24.3 Å². The second-order valence-electron chi connectivity index (χ2n) is 6.29. The number of thiazole rings is 1. The molecule has 0 radical (unpaired) electrons. The van der Waals surface area contributed by atoms with E-state index in [1.54, 1.807) is 11.3 Å². The Balaban J connectivity index is 1.83. The van der Waals surface area contributed by atoms with Gasteiger partial charge in [-0.3, -0.25) is 4.40 Å². The Bertz CT molecular complexity index is 1210. The molecule has 5 rings (SSSR count). The van der Waals surface area contributed by atoms with Gasteiger partial charge in [0.15, 0.2) is 4.96 Å². The first-order chi connectivity index (χ1) is 13.3. The van der Waals surface area contributed by atoms with E-state index in [-0.39, 0.29) is 0 Å². The van der Waals surface area contributed by atoms with E-state index in [2.05, 4.69) is 70.4 Å². The van der Waals surface area contributed by atoms with Gasteiger partial charge < -0.3 is 0 Å². The number of hydrogen-bond donors (Lipinski definition) is 0. The lowest BCUT2D eigenvalue weighted by atomic mass is 10.0. The molecule has 2 aromatic heterocycles. The van der Waals surface area contributed by atoms with Crippen LogP contribution in [0.5, 0.6) is 0 Å². The zero-order chi connectivity index (χ0) is 18.2. The molecule has 0 N–H and O–H groups in total. The normalized spacial score (nSPS) is 11.1. The molecule has 0 atom stereocenters. The molecule has 2 nitrogen and oxygen atoms in total. The van der Waals surface area contributed by atoms with Crippen molar-refractivity contribution in [2.75, 3.05) is 0 Å². The minimum Gasteiger partial charge on any atom is -0.282 e. The summed E-state index contributed by atoms with van der Waals surface area (Å²) in [5, 5.41) is 2.90. The molecule has 0 bridgehead atoms. The van der Waals surface area contributed by atoms with Crippen molar-refractivity contribution in [3.8, 4) is 33.8 Å². The number of fused-ring (bicyclic) bond motifs is 1. The molecule has 0 aliphatic heterocycles. The zero-order valence-corrected chi connectivity index (χ0v) is 15.9. The summed E-state index contributed by atoms with van der Waals surface area (Å²) in [7, 11) is 0. The van der Waals surface area contributed by atoms with E-state index < -0.39 is 0 Å². The summed E-state index contributed by atoms with van der Waals surface area (Å²) >= 11 is 7.74. The largest absolute Gasteiger partial charge is 0.282 e. The first kappa shape index (κ1) is 16.3. The van der Waals surface area contributed by atoms with Gasteiger partial charge >= 0.3 is 0 Å². The summed E-state index contributed by atoms with van der Waals surface area (Å²) in [5.41, 5.74) is 6.64. The lowest BCUT2D eigenvalue weighted by Gasteiger charge is -2.08. The molecule has 2 heterocycles. The van der Waals surface area contributed by atoms with Crippen molar-refractivity contribution < 1.29 is 0 Å². The van der Waals surface area contributed by atoms with E-state index in [9.17, 15) is 0 Å². The Morgan fingerprint density at radius 3 is 2.00 bits per heavy atom. The van der Waals surface area contributed by atoms with Gasteiger partial charge in [-0.15, -0.1) is 11.3 Å². The smallest absolute Gasteiger partial charge is 0.195 e. The second kappa shape index (κ2) is 6.69. The van der Waals surface area contributed by atoms with Crippen LogP contribution in [0, 0.1) is 0 Å². The molecule has 3 aromatic carbocycles. The predicted octanol–water partition coefficient (Wildman–Crippen LogP) is 7.05. The fourth-order valence-corrected chi connectivity index (χ4v) is 4.36. The number of rotatable bonds is 3. The Labute approximate surface area is 166 Å². The molecule has 5 aromatic rings. The molecule has 0 saturated carbocycles. The fraction of sp³-hybridized carbons (Fsp3) is 0. The number of hydrogen-bond acceptors (Lipinski definition) is 2. The topological polar surface area (TPSA) is 17.3 Å². The first-order valence-corrected chi connectivity index (χ1v) is 9.94. The molecule has 27 heavy (non-hydrogen) atoms.